The maximum absolute atomic E-state index is 11.0. The summed E-state index contributed by atoms with van der Waals surface area (Å²) in [6.45, 7) is 1.90. The van der Waals surface area contributed by atoms with Crippen LogP contribution in [0.15, 0.2) is 36.5 Å². The zero-order valence-corrected chi connectivity index (χ0v) is 8.97. The topological polar surface area (TPSA) is 56.0 Å². The van der Waals surface area contributed by atoms with Gasteiger partial charge in [-0.2, -0.15) is 0 Å². The smallest absolute Gasteiger partial charge is 0.152 e. The molecule has 0 spiro atoms. The molecule has 1 heterocycles. The van der Waals surface area contributed by atoms with Gasteiger partial charge < -0.3 is 5.73 Å². The van der Waals surface area contributed by atoms with Crippen molar-refractivity contribution in [3.63, 3.8) is 0 Å². The Morgan fingerprint density at radius 3 is 2.50 bits per heavy atom. The maximum Gasteiger partial charge on any atom is 0.152 e. The minimum Gasteiger partial charge on any atom is -0.399 e. The van der Waals surface area contributed by atoms with E-state index in [0.29, 0.717) is 16.9 Å². The summed E-state index contributed by atoms with van der Waals surface area (Å²) in [6.07, 6.45) is 2.54. The van der Waals surface area contributed by atoms with Crippen LogP contribution in [0.1, 0.15) is 15.9 Å². The van der Waals surface area contributed by atoms with E-state index in [9.17, 15) is 4.79 Å². The predicted octanol–water partition coefficient (Wildman–Crippen LogP) is 2.45. The molecule has 1 aromatic heterocycles. The molecule has 3 nitrogen and oxygen atoms in total. The van der Waals surface area contributed by atoms with Crippen molar-refractivity contribution in [3.8, 4) is 11.3 Å². The average Bonchev–Trinajstić information content (AvgIpc) is 2.30. The number of aromatic nitrogens is 1. The van der Waals surface area contributed by atoms with Crippen LogP contribution in [0.4, 0.5) is 5.69 Å². The van der Waals surface area contributed by atoms with E-state index in [1.54, 1.807) is 18.3 Å². The number of nitrogens with zero attached hydrogens (tertiary/aromatic N) is 1. The van der Waals surface area contributed by atoms with E-state index >= 15 is 0 Å². The van der Waals surface area contributed by atoms with Crippen molar-refractivity contribution in [2.45, 2.75) is 6.92 Å². The van der Waals surface area contributed by atoms with Crippen LogP contribution < -0.4 is 5.73 Å². The van der Waals surface area contributed by atoms with Gasteiger partial charge in [-0.3, -0.25) is 9.78 Å². The lowest BCUT2D eigenvalue weighted by atomic mass is 10.0. The molecular weight excluding hydrogens is 200 g/mol. The largest absolute Gasteiger partial charge is 0.399 e. The second-order valence-electron chi connectivity index (χ2n) is 3.63. The number of rotatable bonds is 2. The highest BCUT2D eigenvalue weighted by atomic mass is 16.1. The molecule has 0 aliphatic carbocycles. The Hall–Kier alpha value is -2.16. The first-order valence-corrected chi connectivity index (χ1v) is 4.99. The number of hydrogen-bond donors (Lipinski definition) is 1. The van der Waals surface area contributed by atoms with Crippen molar-refractivity contribution < 1.29 is 4.79 Å². The molecule has 0 aliphatic heterocycles. The number of nitrogen functional groups attached to an aromatic ring is 1. The molecule has 1 aromatic carbocycles. The summed E-state index contributed by atoms with van der Waals surface area (Å²) in [5, 5.41) is 0. The van der Waals surface area contributed by atoms with E-state index in [1.165, 1.54) is 0 Å². The highest BCUT2D eigenvalue weighted by Gasteiger charge is 2.07. The van der Waals surface area contributed by atoms with Gasteiger partial charge in [0, 0.05) is 23.0 Å². The fraction of sp³-hybridized carbons (Fsp3) is 0.0769. The first kappa shape index (κ1) is 10.4. The molecule has 3 heteroatoms. The Morgan fingerprint density at radius 2 is 1.88 bits per heavy atom. The number of carbonyl (C=O) groups excluding carboxylic acids is 1. The van der Waals surface area contributed by atoms with Crippen molar-refractivity contribution in [2.75, 3.05) is 5.73 Å². The number of aldehydes is 1. The third kappa shape index (κ3) is 1.80. The van der Waals surface area contributed by atoms with Crippen LogP contribution >= 0.6 is 0 Å². The van der Waals surface area contributed by atoms with E-state index in [0.717, 1.165) is 17.4 Å². The second-order valence-corrected chi connectivity index (χ2v) is 3.63. The van der Waals surface area contributed by atoms with Crippen LogP contribution in [-0.2, 0) is 0 Å². The van der Waals surface area contributed by atoms with Crippen molar-refractivity contribution in [1.82, 2.24) is 4.98 Å². The van der Waals surface area contributed by atoms with Gasteiger partial charge in [-0.1, -0.05) is 12.1 Å². The molecule has 0 bridgehead atoms. The molecule has 0 atom stereocenters. The molecule has 0 aliphatic rings. The number of hydrogen-bond acceptors (Lipinski definition) is 3. The molecule has 2 aromatic rings. The van der Waals surface area contributed by atoms with Crippen LogP contribution in [0.5, 0.6) is 0 Å². The van der Waals surface area contributed by atoms with Crippen LogP contribution in [0.3, 0.4) is 0 Å². The predicted molar refractivity (Wildman–Crippen MR) is 64.2 cm³/mol. The van der Waals surface area contributed by atoms with Gasteiger partial charge in [0.1, 0.15) is 0 Å². The number of anilines is 1. The van der Waals surface area contributed by atoms with Crippen LogP contribution in [0.25, 0.3) is 11.3 Å². The molecule has 0 fully saturated rings. The second kappa shape index (κ2) is 4.14. The van der Waals surface area contributed by atoms with E-state index in [2.05, 4.69) is 4.98 Å². The summed E-state index contributed by atoms with van der Waals surface area (Å²) in [4.78, 5) is 15.3. The van der Waals surface area contributed by atoms with Gasteiger partial charge in [0.25, 0.3) is 0 Å². The number of aryl methyl sites for hydroxylation is 1. The fourth-order valence-corrected chi connectivity index (χ4v) is 1.59. The minimum atomic E-state index is 0.632. The summed E-state index contributed by atoms with van der Waals surface area (Å²) in [6, 6.07) is 9.15. The summed E-state index contributed by atoms with van der Waals surface area (Å²) >= 11 is 0. The average molecular weight is 212 g/mol. The molecule has 0 saturated carbocycles. The maximum atomic E-state index is 11.0. The minimum absolute atomic E-state index is 0.632. The van der Waals surface area contributed by atoms with E-state index < -0.39 is 0 Å². The van der Waals surface area contributed by atoms with Gasteiger partial charge >= 0.3 is 0 Å². The van der Waals surface area contributed by atoms with Crippen LogP contribution in [-0.4, -0.2) is 11.3 Å². The zero-order valence-electron chi connectivity index (χ0n) is 8.97. The van der Waals surface area contributed by atoms with Gasteiger partial charge in [-0.25, -0.2) is 0 Å². The number of pyridine rings is 1. The fourth-order valence-electron chi connectivity index (χ4n) is 1.59. The Balaban J connectivity index is 2.59. The molecular formula is C13H12N2O. The summed E-state index contributed by atoms with van der Waals surface area (Å²) in [5.74, 6) is 0. The lowest BCUT2D eigenvalue weighted by Gasteiger charge is -2.06. The molecule has 0 amide bonds. The highest BCUT2D eigenvalue weighted by Crippen LogP contribution is 2.23. The Morgan fingerprint density at radius 1 is 1.19 bits per heavy atom. The van der Waals surface area contributed by atoms with Crippen molar-refractivity contribution in [2.24, 2.45) is 0 Å². The lowest BCUT2D eigenvalue weighted by Crippen LogP contribution is -1.95. The molecule has 0 saturated heterocycles. The highest BCUT2D eigenvalue weighted by molar-refractivity contribution is 5.87. The monoisotopic (exact) mass is 212 g/mol. The van der Waals surface area contributed by atoms with Gasteiger partial charge in [0.2, 0.25) is 0 Å². The molecule has 2 rings (SSSR count). The first-order chi connectivity index (χ1) is 7.72. The van der Waals surface area contributed by atoms with Gasteiger partial charge in [-0.05, 0) is 30.7 Å². The summed E-state index contributed by atoms with van der Waals surface area (Å²) in [5.41, 5.74) is 9.48. The van der Waals surface area contributed by atoms with Crippen LogP contribution in [0.2, 0.25) is 0 Å². The van der Waals surface area contributed by atoms with Crippen molar-refractivity contribution >= 4 is 12.0 Å². The summed E-state index contributed by atoms with van der Waals surface area (Å²) < 4.78 is 0. The number of benzene rings is 1. The van der Waals surface area contributed by atoms with Gasteiger partial charge in [0.15, 0.2) is 6.29 Å². The molecule has 16 heavy (non-hydrogen) atoms. The van der Waals surface area contributed by atoms with Gasteiger partial charge in [0.05, 0.1) is 5.69 Å². The van der Waals surface area contributed by atoms with Crippen molar-refractivity contribution in [1.29, 1.82) is 0 Å². The third-order valence-electron chi connectivity index (χ3n) is 2.51. The Bertz CT molecular complexity index is 518. The zero-order chi connectivity index (χ0) is 11.5. The normalized spacial score (nSPS) is 10.1. The number of nitrogens with two attached hydrogens (primary N) is 1. The van der Waals surface area contributed by atoms with Gasteiger partial charge in [-0.15, -0.1) is 0 Å². The molecule has 2 N–H and O–H groups in total. The summed E-state index contributed by atoms with van der Waals surface area (Å²) in [7, 11) is 0. The first-order valence-electron chi connectivity index (χ1n) is 4.99. The molecule has 80 valence electrons. The molecule has 0 unspecified atom stereocenters. The SMILES string of the molecule is Cc1ccnc(-c2ccc(N)cc2)c1C=O. The Kier molecular flexibility index (Phi) is 2.68. The number of carbonyl (C=O) groups is 1. The molecule has 0 radical (unpaired) electrons. The van der Waals surface area contributed by atoms with E-state index in [-0.39, 0.29) is 0 Å². The van der Waals surface area contributed by atoms with Crippen molar-refractivity contribution in [3.05, 3.63) is 47.7 Å². The van der Waals surface area contributed by atoms with Crippen LogP contribution in [0, 0.1) is 6.92 Å². The Labute approximate surface area is 93.9 Å². The third-order valence-corrected chi connectivity index (χ3v) is 2.51. The van der Waals surface area contributed by atoms with E-state index in [4.69, 9.17) is 5.73 Å². The standard InChI is InChI=1S/C13H12N2O/c1-9-6-7-15-13(12(9)8-16)10-2-4-11(14)5-3-10/h2-8H,14H2,1H3. The lowest BCUT2D eigenvalue weighted by molar-refractivity contribution is 0.112. The van der Waals surface area contributed by atoms with E-state index in [1.807, 2.05) is 25.1 Å². The quantitative estimate of drug-likeness (QED) is 0.614.